The van der Waals surface area contributed by atoms with Crippen molar-refractivity contribution in [3.8, 4) is 0 Å². The van der Waals surface area contributed by atoms with Gasteiger partial charge in [0.15, 0.2) is 0 Å². The lowest BCUT2D eigenvalue weighted by molar-refractivity contribution is -0.952. The number of hydrogen-bond acceptors (Lipinski definition) is 0. The fraction of sp³-hybridized carbons (Fsp3) is 1.00. The number of hydrogen-bond donors (Lipinski definition) is 0. The zero-order valence-electron chi connectivity index (χ0n) is 32.9. The summed E-state index contributed by atoms with van der Waals surface area (Å²) >= 11 is 0. The average molecular weight is 635 g/mol. The third-order valence-electron chi connectivity index (χ3n) is 11.2. The molecule has 0 aliphatic carbocycles. The zero-order valence-corrected chi connectivity index (χ0v) is 32.9. The second-order valence-electron chi connectivity index (χ2n) is 15.5. The van der Waals surface area contributed by atoms with Gasteiger partial charge in [-0.05, 0) is 44.9 Å². The summed E-state index contributed by atoms with van der Waals surface area (Å²) in [7, 11) is 0. The molecule has 0 rings (SSSR count). The fourth-order valence-electron chi connectivity index (χ4n) is 8.05. The molecule has 1 nitrogen and oxygen atoms in total. The van der Waals surface area contributed by atoms with Crippen molar-refractivity contribution in [3.05, 3.63) is 0 Å². The Balaban J connectivity index is 4.39. The maximum Gasteiger partial charge on any atom is 0.0890 e. The summed E-state index contributed by atoms with van der Waals surface area (Å²) in [5.74, 6) is 0. The van der Waals surface area contributed by atoms with Crippen molar-refractivity contribution in [1.29, 1.82) is 0 Å². The van der Waals surface area contributed by atoms with E-state index in [9.17, 15) is 0 Å². The van der Waals surface area contributed by atoms with Gasteiger partial charge in [-0.25, -0.2) is 0 Å². The number of nitrogens with zero attached hydrogens (tertiary/aromatic N) is 1. The predicted molar refractivity (Wildman–Crippen MR) is 209 cm³/mol. The fourth-order valence-corrected chi connectivity index (χ4v) is 8.05. The van der Waals surface area contributed by atoms with E-state index in [2.05, 4.69) is 34.6 Å². The Bertz CT molecular complexity index is 519. The molecule has 1 unspecified atom stereocenters. The normalized spacial score (nSPS) is 12.7. The summed E-state index contributed by atoms with van der Waals surface area (Å²) in [6.45, 7) is 16.3. The summed E-state index contributed by atoms with van der Waals surface area (Å²) < 4.78 is 1.48. The standard InChI is InChI=1S/C44H92N/c1-6-11-15-17-19-21-23-25-27-29-31-33-35-37-40-44(39-10-5)45(41-13-8-3,42-14-9-4)43-38-36-34-32-30-28-26-24-22-20-18-16-12-7-2/h44H,6-43H2,1-5H3/q+1. The lowest BCUT2D eigenvalue weighted by atomic mass is 9.96. The van der Waals surface area contributed by atoms with E-state index >= 15 is 0 Å². The Morgan fingerprint density at radius 3 is 0.822 bits per heavy atom. The summed E-state index contributed by atoms with van der Waals surface area (Å²) in [6, 6.07) is 0.924. The minimum absolute atomic E-state index is 0.924. The van der Waals surface area contributed by atoms with Gasteiger partial charge in [-0.15, -0.1) is 0 Å². The molecule has 0 saturated heterocycles. The van der Waals surface area contributed by atoms with Crippen molar-refractivity contribution in [2.75, 3.05) is 19.6 Å². The average Bonchev–Trinajstić information content (AvgIpc) is 3.05. The molecule has 0 heterocycles. The number of unbranched alkanes of at least 4 members (excludes halogenated alkanes) is 28. The van der Waals surface area contributed by atoms with E-state index in [0.717, 1.165) is 6.04 Å². The molecule has 0 radical (unpaired) electrons. The summed E-state index contributed by atoms with van der Waals surface area (Å²) in [4.78, 5) is 0. The van der Waals surface area contributed by atoms with Gasteiger partial charge >= 0.3 is 0 Å². The monoisotopic (exact) mass is 635 g/mol. The third kappa shape index (κ3) is 28.7. The zero-order chi connectivity index (χ0) is 32.9. The highest BCUT2D eigenvalue weighted by Gasteiger charge is 2.34. The smallest absolute Gasteiger partial charge is 0.0890 e. The SMILES string of the molecule is CCCCCCCCCCCCCCCCC(CCC)[N+](CCCC)(CCCC)CCCCCCCCCCCCCCCC. The highest BCUT2D eigenvalue weighted by atomic mass is 15.4. The highest BCUT2D eigenvalue weighted by molar-refractivity contribution is 4.65. The first-order valence-corrected chi connectivity index (χ1v) is 22.1. The van der Waals surface area contributed by atoms with E-state index < -0.39 is 0 Å². The molecule has 0 aromatic heterocycles. The largest absolute Gasteiger partial charge is 0.321 e. The molecule has 0 aromatic carbocycles. The van der Waals surface area contributed by atoms with Crippen LogP contribution in [-0.4, -0.2) is 30.2 Å². The molecule has 0 aromatic rings. The molecule has 0 amide bonds. The Labute approximate surface area is 288 Å². The van der Waals surface area contributed by atoms with Gasteiger partial charge in [0.2, 0.25) is 0 Å². The summed E-state index contributed by atoms with van der Waals surface area (Å²) in [5.41, 5.74) is 0. The topological polar surface area (TPSA) is 0 Å². The Morgan fingerprint density at radius 1 is 0.244 bits per heavy atom. The van der Waals surface area contributed by atoms with Crippen LogP contribution in [0, 0.1) is 0 Å². The Hall–Kier alpha value is -0.0400. The van der Waals surface area contributed by atoms with E-state index in [0.29, 0.717) is 0 Å². The summed E-state index contributed by atoms with van der Waals surface area (Å²) in [6.07, 6.45) is 51.1. The van der Waals surface area contributed by atoms with Gasteiger partial charge in [0.05, 0.1) is 25.7 Å². The molecule has 0 spiro atoms. The van der Waals surface area contributed by atoms with Crippen molar-refractivity contribution in [2.24, 2.45) is 0 Å². The van der Waals surface area contributed by atoms with Crippen LogP contribution >= 0.6 is 0 Å². The van der Waals surface area contributed by atoms with Gasteiger partial charge in [-0.2, -0.15) is 0 Å². The predicted octanol–water partition coefficient (Wildman–Crippen LogP) is 15.9. The second kappa shape index (κ2) is 36.8. The minimum Gasteiger partial charge on any atom is -0.321 e. The molecule has 1 atom stereocenters. The van der Waals surface area contributed by atoms with Crippen molar-refractivity contribution in [2.45, 2.75) is 265 Å². The molecule has 0 saturated carbocycles. The van der Waals surface area contributed by atoms with E-state index in [1.165, 1.54) is 249 Å². The van der Waals surface area contributed by atoms with Crippen LogP contribution in [0.2, 0.25) is 0 Å². The Morgan fingerprint density at radius 2 is 0.511 bits per heavy atom. The van der Waals surface area contributed by atoms with Gasteiger partial charge in [-0.3, -0.25) is 0 Å². The number of rotatable bonds is 39. The van der Waals surface area contributed by atoms with Crippen LogP contribution in [0.1, 0.15) is 259 Å². The van der Waals surface area contributed by atoms with Crippen LogP contribution in [-0.2, 0) is 0 Å². The lowest BCUT2D eigenvalue weighted by Gasteiger charge is -2.46. The molecular weight excluding hydrogens is 542 g/mol. The van der Waals surface area contributed by atoms with Crippen LogP contribution in [0.5, 0.6) is 0 Å². The quantitative estimate of drug-likeness (QED) is 0.0466. The van der Waals surface area contributed by atoms with Crippen molar-refractivity contribution >= 4 is 0 Å². The van der Waals surface area contributed by atoms with Gasteiger partial charge in [0.1, 0.15) is 0 Å². The van der Waals surface area contributed by atoms with Crippen LogP contribution < -0.4 is 0 Å². The van der Waals surface area contributed by atoms with Crippen molar-refractivity contribution < 1.29 is 4.48 Å². The first-order valence-electron chi connectivity index (χ1n) is 22.1. The van der Waals surface area contributed by atoms with Crippen LogP contribution in [0.15, 0.2) is 0 Å². The van der Waals surface area contributed by atoms with Crippen LogP contribution in [0.4, 0.5) is 0 Å². The molecule has 0 fully saturated rings. The number of quaternary nitrogens is 1. The molecule has 1 heteroatoms. The molecule has 0 N–H and O–H groups in total. The maximum atomic E-state index is 2.46. The first-order chi connectivity index (χ1) is 22.2. The van der Waals surface area contributed by atoms with E-state index in [1.807, 2.05) is 0 Å². The third-order valence-corrected chi connectivity index (χ3v) is 11.2. The Kier molecular flexibility index (Phi) is 36.8. The molecule has 0 aliphatic rings. The van der Waals surface area contributed by atoms with Gasteiger partial charge in [-0.1, -0.05) is 214 Å². The van der Waals surface area contributed by atoms with Crippen molar-refractivity contribution in [1.82, 2.24) is 0 Å². The molecule has 272 valence electrons. The minimum atomic E-state index is 0.924. The molecular formula is C44H92N+. The second-order valence-corrected chi connectivity index (χ2v) is 15.5. The highest BCUT2D eigenvalue weighted by Crippen LogP contribution is 2.28. The maximum absolute atomic E-state index is 2.46. The van der Waals surface area contributed by atoms with E-state index in [1.54, 1.807) is 0 Å². The van der Waals surface area contributed by atoms with Crippen molar-refractivity contribution in [3.63, 3.8) is 0 Å². The lowest BCUT2D eigenvalue weighted by Crippen LogP contribution is -2.57. The molecule has 45 heavy (non-hydrogen) atoms. The van der Waals surface area contributed by atoms with Crippen LogP contribution in [0.25, 0.3) is 0 Å². The first kappa shape index (κ1) is 45.0. The van der Waals surface area contributed by atoms with E-state index in [-0.39, 0.29) is 0 Å². The molecule has 0 bridgehead atoms. The summed E-state index contributed by atoms with van der Waals surface area (Å²) in [5, 5.41) is 0. The van der Waals surface area contributed by atoms with E-state index in [4.69, 9.17) is 0 Å². The van der Waals surface area contributed by atoms with Gasteiger partial charge < -0.3 is 4.48 Å². The van der Waals surface area contributed by atoms with Crippen LogP contribution in [0.3, 0.4) is 0 Å². The van der Waals surface area contributed by atoms with Gasteiger partial charge in [0.25, 0.3) is 0 Å². The van der Waals surface area contributed by atoms with Gasteiger partial charge in [0, 0.05) is 0 Å². The molecule has 0 aliphatic heterocycles.